The number of thioether (sulfide) groups is 1. The lowest BCUT2D eigenvalue weighted by Gasteiger charge is -2.23. The predicted octanol–water partition coefficient (Wildman–Crippen LogP) is 0.557. The number of amides is 1. The van der Waals surface area contributed by atoms with Crippen molar-refractivity contribution in [2.24, 2.45) is 0 Å². The van der Waals surface area contributed by atoms with Gasteiger partial charge in [0.25, 0.3) is 0 Å². The topological polar surface area (TPSA) is 52.6 Å². The molecule has 5 heteroatoms. The van der Waals surface area contributed by atoms with Crippen molar-refractivity contribution in [1.82, 2.24) is 10.2 Å². The Balaban J connectivity index is 3.98. The molecule has 2 unspecified atom stereocenters. The Morgan fingerprint density at radius 1 is 1.50 bits per heavy atom. The Bertz CT molecular complexity index is 194. The molecule has 16 heavy (non-hydrogen) atoms. The number of aliphatic hydroxyl groups is 1. The van der Waals surface area contributed by atoms with E-state index in [4.69, 9.17) is 5.11 Å². The van der Waals surface area contributed by atoms with Crippen LogP contribution in [0.4, 0.5) is 0 Å². The average molecular weight is 248 g/mol. The highest BCUT2D eigenvalue weighted by molar-refractivity contribution is 7.98. The van der Waals surface area contributed by atoms with E-state index in [1.54, 1.807) is 30.8 Å². The monoisotopic (exact) mass is 248 g/mol. The van der Waals surface area contributed by atoms with Gasteiger partial charge in [0.15, 0.2) is 0 Å². The van der Waals surface area contributed by atoms with Crippen molar-refractivity contribution in [3.63, 3.8) is 0 Å². The summed E-state index contributed by atoms with van der Waals surface area (Å²) in [6.45, 7) is 2.19. The number of nitrogens with zero attached hydrogens (tertiary/aromatic N) is 1. The molecule has 0 fully saturated rings. The number of carbonyl (C=O) groups excluding carboxylic acids is 1. The van der Waals surface area contributed by atoms with Crippen molar-refractivity contribution < 1.29 is 9.90 Å². The molecule has 0 aliphatic rings. The summed E-state index contributed by atoms with van der Waals surface area (Å²) in [5.74, 6) is 1.09. The molecule has 0 saturated heterocycles. The largest absolute Gasteiger partial charge is 0.396 e. The number of carbonyl (C=O) groups is 1. The van der Waals surface area contributed by atoms with E-state index in [2.05, 4.69) is 5.32 Å². The maximum atomic E-state index is 11.5. The zero-order valence-electron chi connectivity index (χ0n) is 10.7. The average Bonchev–Trinajstić information content (AvgIpc) is 2.17. The first-order chi connectivity index (χ1) is 7.51. The van der Waals surface area contributed by atoms with Gasteiger partial charge in [-0.05, 0) is 19.6 Å². The SMILES string of the molecule is CSCC(CCO)NC(C)CC(=O)N(C)C. The fourth-order valence-corrected chi connectivity index (χ4v) is 2.14. The van der Waals surface area contributed by atoms with E-state index >= 15 is 0 Å². The minimum atomic E-state index is 0.131. The molecular formula is C11H24N2O2S. The third kappa shape index (κ3) is 7.09. The smallest absolute Gasteiger partial charge is 0.223 e. The molecule has 2 N–H and O–H groups in total. The summed E-state index contributed by atoms with van der Waals surface area (Å²) in [5.41, 5.74) is 0. The van der Waals surface area contributed by atoms with Crippen LogP contribution in [-0.2, 0) is 4.79 Å². The van der Waals surface area contributed by atoms with Crippen LogP contribution in [0.15, 0.2) is 0 Å². The highest BCUT2D eigenvalue weighted by Gasteiger charge is 2.14. The van der Waals surface area contributed by atoms with Crippen LogP contribution in [0.5, 0.6) is 0 Å². The summed E-state index contributed by atoms with van der Waals surface area (Å²) in [6, 6.07) is 0.434. The Kier molecular flexibility index (Phi) is 8.70. The van der Waals surface area contributed by atoms with Crippen molar-refractivity contribution in [2.75, 3.05) is 32.7 Å². The molecule has 0 aromatic rings. The second kappa shape index (κ2) is 8.84. The summed E-state index contributed by atoms with van der Waals surface area (Å²) in [4.78, 5) is 13.1. The maximum absolute atomic E-state index is 11.5. The van der Waals surface area contributed by atoms with Gasteiger partial charge in [0.05, 0.1) is 0 Å². The minimum Gasteiger partial charge on any atom is -0.396 e. The van der Waals surface area contributed by atoms with Crippen LogP contribution < -0.4 is 5.32 Å². The summed E-state index contributed by atoms with van der Waals surface area (Å²) in [5, 5.41) is 12.3. The normalized spacial score (nSPS) is 14.6. The highest BCUT2D eigenvalue weighted by atomic mass is 32.2. The molecule has 0 aromatic heterocycles. The Hall–Kier alpha value is -0.260. The second-order valence-electron chi connectivity index (χ2n) is 4.22. The van der Waals surface area contributed by atoms with E-state index in [0.717, 1.165) is 12.2 Å². The van der Waals surface area contributed by atoms with Gasteiger partial charge in [-0.2, -0.15) is 11.8 Å². The van der Waals surface area contributed by atoms with Crippen molar-refractivity contribution in [3.8, 4) is 0 Å². The molecule has 0 heterocycles. The van der Waals surface area contributed by atoms with Crippen LogP contribution in [-0.4, -0.2) is 60.7 Å². The number of hydrogen-bond donors (Lipinski definition) is 2. The van der Waals surface area contributed by atoms with Crippen LogP contribution in [0.1, 0.15) is 19.8 Å². The molecule has 0 aromatic carbocycles. The van der Waals surface area contributed by atoms with Crippen LogP contribution in [0, 0.1) is 0 Å². The minimum absolute atomic E-state index is 0.131. The van der Waals surface area contributed by atoms with E-state index in [1.165, 1.54) is 0 Å². The summed E-state index contributed by atoms with van der Waals surface area (Å²) < 4.78 is 0. The molecule has 96 valence electrons. The zero-order chi connectivity index (χ0) is 12.6. The summed E-state index contributed by atoms with van der Waals surface area (Å²) >= 11 is 1.75. The van der Waals surface area contributed by atoms with Crippen molar-refractivity contribution in [1.29, 1.82) is 0 Å². The quantitative estimate of drug-likeness (QED) is 0.659. The van der Waals surface area contributed by atoms with E-state index in [9.17, 15) is 4.79 Å². The van der Waals surface area contributed by atoms with Gasteiger partial charge < -0.3 is 15.3 Å². The van der Waals surface area contributed by atoms with Gasteiger partial charge in [0.2, 0.25) is 5.91 Å². The molecular weight excluding hydrogens is 224 g/mol. The summed E-state index contributed by atoms with van der Waals surface area (Å²) in [7, 11) is 3.53. The molecule has 0 radical (unpaired) electrons. The van der Waals surface area contributed by atoms with Gasteiger partial charge in [-0.1, -0.05) is 0 Å². The van der Waals surface area contributed by atoms with E-state index in [0.29, 0.717) is 6.42 Å². The first-order valence-corrected chi connectivity index (χ1v) is 6.96. The lowest BCUT2D eigenvalue weighted by atomic mass is 10.1. The van der Waals surface area contributed by atoms with Gasteiger partial charge in [-0.25, -0.2) is 0 Å². The van der Waals surface area contributed by atoms with Gasteiger partial charge in [0, 0.05) is 45.0 Å². The van der Waals surface area contributed by atoms with Gasteiger partial charge in [-0.15, -0.1) is 0 Å². The van der Waals surface area contributed by atoms with Crippen molar-refractivity contribution in [2.45, 2.75) is 31.8 Å². The number of rotatable bonds is 8. The van der Waals surface area contributed by atoms with Crippen LogP contribution >= 0.6 is 11.8 Å². The van der Waals surface area contributed by atoms with Gasteiger partial charge >= 0.3 is 0 Å². The Morgan fingerprint density at radius 2 is 2.12 bits per heavy atom. The second-order valence-corrected chi connectivity index (χ2v) is 5.14. The number of nitrogens with one attached hydrogen (secondary N) is 1. The molecule has 0 spiro atoms. The standard InChI is InChI=1S/C11H24N2O2S/c1-9(7-11(15)13(2)3)12-10(5-6-14)8-16-4/h9-10,12,14H,5-8H2,1-4H3. The molecule has 4 nitrogen and oxygen atoms in total. The maximum Gasteiger partial charge on any atom is 0.223 e. The molecule has 1 amide bonds. The Morgan fingerprint density at radius 3 is 2.56 bits per heavy atom. The molecule has 0 rings (SSSR count). The van der Waals surface area contributed by atoms with E-state index in [1.807, 2.05) is 13.2 Å². The number of aliphatic hydroxyl groups excluding tert-OH is 1. The molecule has 0 bridgehead atoms. The van der Waals surface area contributed by atoms with Gasteiger partial charge in [-0.3, -0.25) is 4.79 Å². The predicted molar refractivity (Wildman–Crippen MR) is 69.8 cm³/mol. The lowest BCUT2D eigenvalue weighted by Crippen LogP contribution is -2.41. The van der Waals surface area contributed by atoms with Crippen molar-refractivity contribution >= 4 is 17.7 Å². The molecule has 0 aliphatic carbocycles. The van der Waals surface area contributed by atoms with E-state index in [-0.39, 0.29) is 24.6 Å². The fraction of sp³-hybridized carbons (Fsp3) is 0.909. The fourth-order valence-electron chi connectivity index (χ4n) is 1.48. The van der Waals surface area contributed by atoms with Crippen LogP contribution in [0.25, 0.3) is 0 Å². The number of hydrogen-bond acceptors (Lipinski definition) is 4. The zero-order valence-corrected chi connectivity index (χ0v) is 11.5. The first kappa shape index (κ1) is 15.7. The first-order valence-electron chi connectivity index (χ1n) is 5.57. The third-order valence-corrected chi connectivity index (χ3v) is 3.08. The van der Waals surface area contributed by atoms with Gasteiger partial charge in [0.1, 0.15) is 0 Å². The molecule has 2 atom stereocenters. The van der Waals surface area contributed by atoms with Crippen LogP contribution in [0.3, 0.4) is 0 Å². The van der Waals surface area contributed by atoms with Crippen molar-refractivity contribution in [3.05, 3.63) is 0 Å². The molecule has 0 aliphatic heterocycles. The lowest BCUT2D eigenvalue weighted by molar-refractivity contribution is -0.129. The summed E-state index contributed by atoms with van der Waals surface area (Å²) in [6.07, 6.45) is 3.28. The van der Waals surface area contributed by atoms with E-state index < -0.39 is 0 Å². The third-order valence-electron chi connectivity index (χ3n) is 2.35. The highest BCUT2D eigenvalue weighted by Crippen LogP contribution is 2.04. The van der Waals surface area contributed by atoms with Crippen LogP contribution in [0.2, 0.25) is 0 Å². The molecule has 0 saturated carbocycles. The Labute approximate surface area is 103 Å².